The predicted molar refractivity (Wildman–Crippen MR) is 63.0 cm³/mol. The largest absolute Gasteiger partial charge is 0.308 e. The molecule has 90 valence electrons. The van der Waals surface area contributed by atoms with Crippen molar-refractivity contribution in [1.29, 1.82) is 0 Å². The Kier molecular flexibility index (Phi) is 3.19. The monoisotopic (exact) mass is 234 g/mol. The molecule has 1 heterocycles. The standard InChI is InChI=1S/C12H15FN4/c1-8-5-4-6-9(11(8)13)12(14-2)10-7-15-16-17(10)3/h4-7,12,14H,1-3H3. The number of halogens is 1. The number of aryl methyl sites for hydroxylation is 2. The van der Waals surface area contributed by atoms with Gasteiger partial charge < -0.3 is 5.32 Å². The molecule has 17 heavy (non-hydrogen) atoms. The van der Waals surface area contributed by atoms with E-state index < -0.39 is 0 Å². The molecule has 0 radical (unpaired) electrons. The lowest BCUT2D eigenvalue weighted by Gasteiger charge is -2.17. The van der Waals surface area contributed by atoms with Crippen LogP contribution in [-0.4, -0.2) is 22.0 Å². The van der Waals surface area contributed by atoms with Gasteiger partial charge in [0.15, 0.2) is 0 Å². The highest BCUT2D eigenvalue weighted by atomic mass is 19.1. The third-order valence-electron chi connectivity index (χ3n) is 2.87. The van der Waals surface area contributed by atoms with Crippen LogP contribution in [0.2, 0.25) is 0 Å². The van der Waals surface area contributed by atoms with E-state index in [0.29, 0.717) is 11.1 Å². The summed E-state index contributed by atoms with van der Waals surface area (Å²) in [6, 6.07) is 5.14. The first-order valence-electron chi connectivity index (χ1n) is 5.42. The van der Waals surface area contributed by atoms with E-state index in [9.17, 15) is 4.39 Å². The van der Waals surface area contributed by atoms with Crippen LogP contribution in [0.15, 0.2) is 24.4 Å². The summed E-state index contributed by atoms with van der Waals surface area (Å²) < 4.78 is 15.7. The molecule has 4 nitrogen and oxygen atoms in total. The Hall–Kier alpha value is -1.75. The van der Waals surface area contributed by atoms with Gasteiger partial charge in [-0.1, -0.05) is 23.4 Å². The van der Waals surface area contributed by atoms with E-state index in [1.54, 1.807) is 44.0 Å². The maximum absolute atomic E-state index is 14.1. The van der Waals surface area contributed by atoms with Crippen LogP contribution in [0.4, 0.5) is 4.39 Å². The van der Waals surface area contributed by atoms with Crippen molar-refractivity contribution < 1.29 is 4.39 Å². The molecule has 0 aliphatic carbocycles. The molecule has 0 fully saturated rings. The number of hydrogen-bond donors (Lipinski definition) is 1. The van der Waals surface area contributed by atoms with Crippen molar-refractivity contribution in [2.45, 2.75) is 13.0 Å². The average molecular weight is 234 g/mol. The summed E-state index contributed by atoms with van der Waals surface area (Å²) in [7, 11) is 3.58. The third kappa shape index (κ3) is 2.06. The molecular formula is C12H15FN4. The van der Waals surface area contributed by atoms with E-state index in [4.69, 9.17) is 0 Å². The lowest BCUT2D eigenvalue weighted by atomic mass is 10.0. The first-order chi connectivity index (χ1) is 8.15. The molecule has 0 bridgehead atoms. The number of hydrogen-bond acceptors (Lipinski definition) is 3. The molecular weight excluding hydrogens is 219 g/mol. The van der Waals surface area contributed by atoms with Gasteiger partial charge in [-0.05, 0) is 19.5 Å². The molecule has 1 aromatic carbocycles. The van der Waals surface area contributed by atoms with Gasteiger partial charge in [0, 0.05) is 12.6 Å². The van der Waals surface area contributed by atoms with Gasteiger partial charge in [0.25, 0.3) is 0 Å². The summed E-state index contributed by atoms with van der Waals surface area (Å²) >= 11 is 0. The van der Waals surface area contributed by atoms with Crippen LogP contribution < -0.4 is 5.32 Å². The van der Waals surface area contributed by atoms with Crippen LogP contribution >= 0.6 is 0 Å². The van der Waals surface area contributed by atoms with Gasteiger partial charge in [0.1, 0.15) is 5.82 Å². The Balaban J connectivity index is 2.50. The normalized spacial score (nSPS) is 12.7. The maximum Gasteiger partial charge on any atom is 0.131 e. The fraction of sp³-hybridized carbons (Fsp3) is 0.333. The van der Waals surface area contributed by atoms with Crippen molar-refractivity contribution in [3.63, 3.8) is 0 Å². The van der Waals surface area contributed by atoms with Gasteiger partial charge in [-0.2, -0.15) is 0 Å². The van der Waals surface area contributed by atoms with Crippen molar-refractivity contribution in [3.8, 4) is 0 Å². The van der Waals surface area contributed by atoms with E-state index in [0.717, 1.165) is 5.69 Å². The maximum atomic E-state index is 14.1. The summed E-state index contributed by atoms with van der Waals surface area (Å²) in [5.41, 5.74) is 2.08. The fourth-order valence-corrected chi connectivity index (χ4v) is 1.91. The molecule has 1 atom stereocenters. The summed E-state index contributed by atoms with van der Waals surface area (Å²) in [4.78, 5) is 0. The number of nitrogens with one attached hydrogen (secondary N) is 1. The average Bonchev–Trinajstić information content (AvgIpc) is 2.72. The molecule has 0 spiro atoms. The van der Waals surface area contributed by atoms with Gasteiger partial charge in [-0.3, -0.25) is 4.68 Å². The predicted octanol–water partition coefficient (Wildman–Crippen LogP) is 1.57. The first kappa shape index (κ1) is 11.7. The summed E-state index contributed by atoms with van der Waals surface area (Å²) in [6.07, 6.45) is 1.64. The van der Waals surface area contributed by atoms with Gasteiger partial charge in [-0.15, -0.1) is 5.10 Å². The van der Waals surface area contributed by atoms with Crippen LogP contribution in [0.5, 0.6) is 0 Å². The molecule has 1 aromatic heterocycles. The van der Waals surface area contributed by atoms with E-state index in [2.05, 4.69) is 15.6 Å². The zero-order valence-electron chi connectivity index (χ0n) is 10.1. The Morgan fingerprint density at radius 1 is 1.41 bits per heavy atom. The molecule has 0 aliphatic rings. The quantitative estimate of drug-likeness (QED) is 0.876. The minimum atomic E-state index is -0.241. The molecule has 0 saturated heterocycles. The van der Waals surface area contributed by atoms with Gasteiger partial charge in [-0.25, -0.2) is 4.39 Å². The summed E-state index contributed by atoms with van der Waals surface area (Å²) in [6.45, 7) is 1.76. The van der Waals surface area contributed by atoms with Crippen molar-refractivity contribution >= 4 is 0 Å². The highest BCUT2D eigenvalue weighted by molar-refractivity contribution is 5.32. The second-order valence-electron chi connectivity index (χ2n) is 3.98. The Labute approximate surface area is 99.5 Å². The number of rotatable bonds is 3. The van der Waals surface area contributed by atoms with Crippen molar-refractivity contribution in [1.82, 2.24) is 20.3 Å². The van der Waals surface area contributed by atoms with Crippen LogP contribution in [0.3, 0.4) is 0 Å². The number of benzene rings is 1. The molecule has 0 aliphatic heterocycles. The smallest absolute Gasteiger partial charge is 0.131 e. The van der Waals surface area contributed by atoms with Crippen molar-refractivity contribution in [2.75, 3.05) is 7.05 Å². The molecule has 0 saturated carbocycles. The SMILES string of the molecule is CNC(c1cccc(C)c1F)c1cnnn1C. The topological polar surface area (TPSA) is 42.7 Å². The van der Waals surface area contributed by atoms with Crippen molar-refractivity contribution in [2.24, 2.45) is 7.05 Å². The van der Waals surface area contributed by atoms with Crippen LogP contribution in [-0.2, 0) is 7.05 Å². The highest BCUT2D eigenvalue weighted by Gasteiger charge is 2.20. The minimum Gasteiger partial charge on any atom is -0.308 e. The van der Waals surface area contributed by atoms with E-state index >= 15 is 0 Å². The van der Waals surface area contributed by atoms with Gasteiger partial charge in [0.05, 0.1) is 17.9 Å². The first-order valence-corrected chi connectivity index (χ1v) is 5.42. The zero-order valence-corrected chi connectivity index (χ0v) is 10.1. The molecule has 2 rings (SSSR count). The fourth-order valence-electron chi connectivity index (χ4n) is 1.91. The molecule has 1 N–H and O–H groups in total. The summed E-state index contributed by atoms with van der Waals surface area (Å²) in [5, 5.41) is 10.8. The Morgan fingerprint density at radius 3 is 2.76 bits per heavy atom. The van der Waals surface area contributed by atoms with Gasteiger partial charge >= 0.3 is 0 Å². The minimum absolute atomic E-state index is 0.187. The second kappa shape index (κ2) is 4.63. The molecule has 1 unspecified atom stereocenters. The van der Waals surface area contributed by atoms with Crippen LogP contribution in [0, 0.1) is 12.7 Å². The number of nitrogens with zero attached hydrogens (tertiary/aromatic N) is 3. The zero-order chi connectivity index (χ0) is 12.4. The number of aromatic nitrogens is 3. The Bertz CT molecular complexity index is 521. The van der Waals surface area contributed by atoms with Crippen LogP contribution in [0.25, 0.3) is 0 Å². The van der Waals surface area contributed by atoms with E-state index in [1.807, 2.05) is 6.07 Å². The van der Waals surface area contributed by atoms with E-state index in [-0.39, 0.29) is 11.9 Å². The molecule has 0 amide bonds. The lowest BCUT2D eigenvalue weighted by Crippen LogP contribution is -2.22. The van der Waals surface area contributed by atoms with Crippen molar-refractivity contribution in [3.05, 3.63) is 47.0 Å². The van der Waals surface area contributed by atoms with Crippen LogP contribution in [0.1, 0.15) is 22.9 Å². The molecule has 5 heteroatoms. The Morgan fingerprint density at radius 2 is 2.18 bits per heavy atom. The third-order valence-corrected chi connectivity index (χ3v) is 2.87. The van der Waals surface area contributed by atoms with Gasteiger partial charge in [0.2, 0.25) is 0 Å². The highest BCUT2D eigenvalue weighted by Crippen LogP contribution is 2.24. The van der Waals surface area contributed by atoms with E-state index in [1.165, 1.54) is 0 Å². The molecule has 2 aromatic rings. The lowest BCUT2D eigenvalue weighted by molar-refractivity contribution is 0.545. The second-order valence-corrected chi connectivity index (χ2v) is 3.98. The summed E-state index contributed by atoms with van der Waals surface area (Å²) in [5.74, 6) is -0.187.